The summed E-state index contributed by atoms with van der Waals surface area (Å²) in [5.41, 5.74) is 6.32. The average Bonchev–Trinajstić information content (AvgIpc) is 2.89. The maximum atomic E-state index is 12.0. The molecule has 1 fully saturated rings. The first-order valence-electron chi connectivity index (χ1n) is 6.19. The molecule has 0 unspecified atom stereocenters. The molecule has 0 bridgehead atoms. The second-order valence-corrected chi connectivity index (χ2v) is 7.23. The number of thiophene rings is 1. The maximum Gasteiger partial charge on any atom is 0.250 e. The first-order chi connectivity index (χ1) is 9.12. The van der Waals surface area contributed by atoms with Gasteiger partial charge in [0.15, 0.2) is 0 Å². The van der Waals surface area contributed by atoms with Crippen LogP contribution in [-0.4, -0.2) is 52.7 Å². The molecule has 0 saturated carbocycles. The van der Waals surface area contributed by atoms with E-state index in [-0.39, 0.29) is 0 Å². The molecule has 0 aliphatic carbocycles. The van der Waals surface area contributed by atoms with Gasteiger partial charge in [-0.25, -0.2) is 13.1 Å². The van der Waals surface area contributed by atoms with Crippen molar-refractivity contribution >= 4 is 21.4 Å². The summed E-state index contributed by atoms with van der Waals surface area (Å²) in [5, 5.41) is 1.77. The SMILES string of the molecule is NCc1csc(S(=O)(=O)NCCN2CCOCC2)c1. The Hall–Kier alpha value is -0.510. The van der Waals surface area contributed by atoms with E-state index < -0.39 is 10.0 Å². The number of hydrogen-bond acceptors (Lipinski definition) is 6. The summed E-state index contributed by atoms with van der Waals surface area (Å²) in [6.07, 6.45) is 0. The highest BCUT2D eigenvalue weighted by atomic mass is 32.2. The minimum atomic E-state index is -3.40. The van der Waals surface area contributed by atoms with E-state index in [0.29, 0.717) is 23.8 Å². The van der Waals surface area contributed by atoms with Gasteiger partial charge in [-0.3, -0.25) is 4.90 Å². The van der Waals surface area contributed by atoms with Crippen molar-refractivity contribution in [2.75, 3.05) is 39.4 Å². The number of morpholine rings is 1. The Kier molecular flexibility index (Phi) is 5.31. The molecule has 6 nitrogen and oxygen atoms in total. The van der Waals surface area contributed by atoms with Crippen LogP contribution in [0.2, 0.25) is 0 Å². The van der Waals surface area contributed by atoms with Crippen LogP contribution in [0.4, 0.5) is 0 Å². The van der Waals surface area contributed by atoms with Gasteiger partial charge in [0.2, 0.25) is 10.0 Å². The Bertz CT molecular complexity index is 495. The van der Waals surface area contributed by atoms with Gasteiger partial charge in [-0.15, -0.1) is 11.3 Å². The standard InChI is InChI=1S/C11H19N3O3S2/c12-8-10-7-11(18-9-10)19(15,16)13-1-2-14-3-5-17-6-4-14/h7,9,13H,1-6,8,12H2. The molecule has 0 atom stereocenters. The number of rotatable bonds is 6. The first-order valence-corrected chi connectivity index (χ1v) is 8.55. The molecular formula is C11H19N3O3S2. The number of sulfonamides is 1. The number of nitrogens with zero attached hydrogens (tertiary/aromatic N) is 1. The Morgan fingerprint density at radius 2 is 2.16 bits per heavy atom. The van der Waals surface area contributed by atoms with Crippen molar-refractivity contribution in [3.63, 3.8) is 0 Å². The molecular weight excluding hydrogens is 286 g/mol. The van der Waals surface area contributed by atoms with Gasteiger partial charge in [0.1, 0.15) is 4.21 Å². The molecule has 1 aromatic heterocycles. The molecule has 1 saturated heterocycles. The van der Waals surface area contributed by atoms with Crippen molar-refractivity contribution in [1.82, 2.24) is 9.62 Å². The van der Waals surface area contributed by atoms with E-state index in [9.17, 15) is 8.42 Å². The van der Waals surface area contributed by atoms with E-state index in [1.165, 1.54) is 11.3 Å². The van der Waals surface area contributed by atoms with E-state index in [0.717, 1.165) is 31.9 Å². The molecule has 108 valence electrons. The highest BCUT2D eigenvalue weighted by Crippen LogP contribution is 2.19. The van der Waals surface area contributed by atoms with Crippen molar-refractivity contribution in [3.05, 3.63) is 17.0 Å². The van der Waals surface area contributed by atoms with E-state index in [2.05, 4.69) is 9.62 Å². The number of hydrogen-bond donors (Lipinski definition) is 2. The molecule has 0 radical (unpaired) electrons. The van der Waals surface area contributed by atoms with E-state index in [4.69, 9.17) is 10.5 Å². The van der Waals surface area contributed by atoms with Crippen LogP contribution >= 0.6 is 11.3 Å². The van der Waals surface area contributed by atoms with Gasteiger partial charge in [-0.1, -0.05) is 0 Å². The lowest BCUT2D eigenvalue weighted by atomic mass is 10.4. The van der Waals surface area contributed by atoms with Gasteiger partial charge in [0.25, 0.3) is 0 Å². The molecule has 0 amide bonds. The third-order valence-corrected chi connectivity index (χ3v) is 5.90. The highest BCUT2D eigenvalue weighted by molar-refractivity contribution is 7.91. The minimum Gasteiger partial charge on any atom is -0.379 e. The van der Waals surface area contributed by atoms with Gasteiger partial charge in [-0.05, 0) is 17.0 Å². The van der Waals surface area contributed by atoms with E-state index in [1.54, 1.807) is 11.4 Å². The number of nitrogens with one attached hydrogen (secondary N) is 1. The van der Waals surface area contributed by atoms with Crippen LogP contribution in [-0.2, 0) is 21.3 Å². The van der Waals surface area contributed by atoms with Crippen LogP contribution in [0.1, 0.15) is 5.56 Å². The van der Waals surface area contributed by atoms with Gasteiger partial charge in [0, 0.05) is 32.7 Å². The number of ether oxygens (including phenoxy) is 1. The summed E-state index contributed by atoms with van der Waals surface area (Å²) in [7, 11) is -3.40. The molecule has 19 heavy (non-hydrogen) atoms. The summed E-state index contributed by atoms with van der Waals surface area (Å²) >= 11 is 1.20. The predicted octanol–water partition coefficient (Wildman–Crippen LogP) is -0.183. The summed E-state index contributed by atoms with van der Waals surface area (Å²) in [4.78, 5) is 2.19. The second kappa shape index (κ2) is 6.78. The summed E-state index contributed by atoms with van der Waals surface area (Å²) in [6, 6.07) is 1.63. The van der Waals surface area contributed by atoms with Gasteiger partial charge < -0.3 is 10.5 Å². The second-order valence-electron chi connectivity index (χ2n) is 4.33. The predicted molar refractivity (Wildman–Crippen MR) is 74.7 cm³/mol. The Morgan fingerprint density at radius 3 is 2.79 bits per heavy atom. The quantitative estimate of drug-likeness (QED) is 0.761. The molecule has 8 heteroatoms. The van der Waals surface area contributed by atoms with Crippen LogP contribution in [0.15, 0.2) is 15.7 Å². The van der Waals surface area contributed by atoms with Gasteiger partial charge in [0.05, 0.1) is 13.2 Å². The topological polar surface area (TPSA) is 84.7 Å². The largest absolute Gasteiger partial charge is 0.379 e. The minimum absolute atomic E-state index is 0.329. The van der Waals surface area contributed by atoms with Crippen molar-refractivity contribution in [3.8, 4) is 0 Å². The fourth-order valence-electron chi connectivity index (χ4n) is 1.84. The molecule has 2 heterocycles. The lowest BCUT2D eigenvalue weighted by Crippen LogP contribution is -2.41. The van der Waals surface area contributed by atoms with Crippen molar-refractivity contribution in [1.29, 1.82) is 0 Å². The fraction of sp³-hybridized carbons (Fsp3) is 0.636. The van der Waals surface area contributed by atoms with Crippen LogP contribution < -0.4 is 10.5 Å². The zero-order chi connectivity index (χ0) is 13.7. The van der Waals surface area contributed by atoms with Crippen LogP contribution in [0.5, 0.6) is 0 Å². The van der Waals surface area contributed by atoms with Crippen molar-refractivity contribution in [2.24, 2.45) is 5.73 Å². The molecule has 1 aliphatic heterocycles. The van der Waals surface area contributed by atoms with Crippen molar-refractivity contribution < 1.29 is 13.2 Å². The van der Waals surface area contributed by atoms with Crippen LogP contribution in [0.3, 0.4) is 0 Å². The maximum absolute atomic E-state index is 12.0. The third kappa shape index (κ3) is 4.23. The zero-order valence-electron chi connectivity index (χ0n) is 10.7. The molecule has 3 N–H and O–H groups in total. The first kappa shape index (κ1) is 14.9. The Labute approximate surface area is 117 Å². The molecule has 0 spiro atoms. The van der Waals surface area contributed by atoms with Gasteiger partial charge in [-0.2, -0.15) is 0 Å². The fourth-order valence-corrected chi connectivity index (χ4v) is 4.12. The van der Waals surface area contributed by atoms with E-state index in [1.807, 2.05) is 0 Å². The average molecular weight is 305 g/mol. The Morgan fingerprint density at radius 1 is 1.42 bits per heavy atom. The summed E-state index contributed by atoms with van der Waals surface area (Å²) in [6.45, 7) is 4.64. The Balaban J connectivity index is 1.83. The highest BCUT2D eigenvalue weighted by Gasteiger charge is 2.17. The monoisotopic (exact) mass is 305 g/mol. The van der Waals surface area contributed by atoms with E-state index >= 15 is 0 Å². The normalized spacial score (nSPS) is 17.7. The molecule has 2 rings (SSSR count). The smallest absolute Gasteiger partial charge is 0.250 e. The zero-order valence-corrected chi connectivity index (χ0v) is 12.3. The lowest BCUT2D eigenvalue weighted by Gasteiger charge is -2.26. The summed E-state index contributed by atoms with van der Waals surface area (Å²) < 4.78 is 32.2. The molecule has 0 aromatic carbocycles. The number of nitrogens with two attached hydrogens (primary N) is 1. The lowest BCUT2D eigenvalue weighted by molar-refractivity contribution is 0.0390. The molecule has 1 aliphatic rings. The van der Waals surface area contributed by atoms with Crippen LogP contribution in [0.25, 0.3) is 0 Å². The third-order valence-electron chi connectivity index (χ3n) is 2.95. The van der Waals surface area contributed by atoms with Crippen LogP contribution in [0, 0.1) is 0 Å². The molecule has 1 aromatic rings. The van der Waals surface area contributed by atoms with Crippen molar-refractivity contribution in [2.45, 2.75) is 10.8 Å². The summed E-state index contributed by atoms with van der Waals surface area (Å²) in [5.74, 6) is 0. The van der Waals surface area contributed by atoms with Gasteiger partial charge >= 0.3 is 0 Å².